The molecule has 4 aromatic rings. The topological polar surface area (TPSA) is 12.9 Å². The molecule has 92 valence electrons. The lowest BCUT2D eigenvalue weighted by Crippen LogP contribution is -1.80. The van der Waals surface area contributed by atoms with Gasteiger partial charge in [-0.2, -0.15) is 12.6 Å². The summed E-state index contributed by atoms with van der Waals surface area (Å²) in [6.07, 6.45) is 0. The van der Waals surface area contributed by atoms with Crippen molar-refractivity contribution in [2.45, 2.75) is 5.75 Å². The summed E-state index contributed by atoms with van der Waals surface area (Å²) >= 11 is 6.11. The first-order valence-electron chi connectivity index (χ1n) is 6.18. The third-order valence-corrected chi connectivity index (χ3v) is 5.05. The van der Waals surface area contributed by atoms with Gasteiger partial charge < -0.3 is 0 Å². The van der Waals surface area contributed by atoms with Crippen molar-refractivity contribution in [2.75, 3.05) is 0 Å². The smallest absolute Gasteiger partial charge is 0.104 e. The Morgan fingerprint density at radius 3 is 2.11 bits per heavy atom. The second-order valence-electron chi connectivity index (χ2n) is 4.53. The summed E-state index contributed by atoms with van der Waals surface area (Å²) in [5, 5.41) is 6.20. The molecule has 0 aliphatic rings. The zero-order valence-corrected chi connectivity index (χ0v) is 11.8. The quantitative estimate of drug-likeness (QED) is 0.381. The zero-order valence-electron chi connectivity index (χ0n) is 10.1. The molecular weight excluding hydrogens is 270 g/mol. The Balaban J connectivity index is 2.37. The van der Waals surface area contributed by atoms with Crippen LogP contribution in [0.15, 0.2) is 48.5 Å². The van der Waals surface area contributed by atoms with Gasteiger partial charge in [-0.25, -0.2) is 4.98 Å². The number of fused-ring (bicyclic) bond motifs is 6. The van der Waals surface area contributed by atoms with E-state index in [9.17, 15) is 0 Å². The van der Waals surface area contributed by atoms with E-state index < -0.39 is 0 Å². The number of thiazole rings is 1. The van der Waals surface area contributed by atoms with Gasteiger partial charge in [0, 0.05) is 16.5 Å². The fourth-order valence-electron chi connectivity index (χ4n) is 2.64. The van der Waals surface area contributed by atoms with E-state index >= 15 is 0 Å². The number of benzene rings is 3. The van der Waals surface area contributed by atoms with Crippen LogP contribution in [0.4, 0.5) is 0 Å². The third-order valence-electron chi connectivity index (χ3n) is 3.45. The molecule has 0 amide bonds. The van der Waals surface area contributed by atoms with E-state index in [1.54, 1.807) is 11.3 Å². The lowest BCUT2D eigenvalue weighted by atomic mass is 10.0. The Morgan fingerprint density at radius 2 is 1.42 bits per heavy atom. The van der Waals surface area contributed by atoms with Crippen molar-refractivity contribution in [2.24, 2.45) is 0 Å². The molecule has 0 unspecified atom stereocenters. The van der Waals surface area contributed by atoms with Crippen molar-refractivity contribution < 1.29 is 0 Å². The normalized spacial score (nSPS) is 11.6. The second-order valence-corrected chi connectivity index (χ2v) is 5.93. The Kier molecular flexibility index (Phi) is 2.50. The average Bonchev–Trinajstić information content (AvgIpc) is 2.92. The van der Waals surface area contributed by atoms with Gasteiger partial charge in [0.15, 0.2) is 0 Å². The molecule has 0 fully saturated rings. The maximum atomic E-state index is 4.75. The average molecular weight is 281 g/mol. The van der Waals surface area contributed by atoms with Crippen molar-refractivity contribution in [1.29, 1.82) is 0 Å². The number of rotatable bonds is 1. The molecule has 0 spiro atoms. The number of nitrogens with zero attached hydrogens (tertiary/aromatic N) is 1. The second kappa shape index (κ2) is 4.22. The highest BCUT2D eigenvalue weighted by molar-refractivity contribution is 7.79. The molecule has 19 heavy (non-hydrogen) atoms. The van der Waals surface area contributed by atoms with E-state index in [0.29, 0.717) is 5.75 Å². The van der Waals surface area contributed by atoms with E-state index in [1.165, 1.54) is 26.2 Å². The van der Waals surface area contributed by atoms with Crippen LogP contribution in [-0.4, -0.2) is 4.98 Å². The molecular formula is C16H11NS2. The largest absolute Gasteiger partial charge is 0.240 e. The highest BCUT2D eigenvalue weighted by Gasteiger charge is 2.11. The molecule has 0 saturated heterocycles. The van der Waals surface area contributed by atoms with Crippen LogP contribution in [0.2, 0.25) is 0 Å². The van der Waals surface area contributed by atoms with Crippen LogP contribution < -0.4 is 0 Å². The number of thiol groups is 1. The van der Waals surface area contributed by atoms with Crippen LogP contribution in [0.3, 0.4) is 0 Å². The van der Waals surface area contributed by atoms with E-state index in [0.717, 1.165) is 10.5 Å². The first-order valence-corrected chi connectivity index (χ1v) is 7.63. The highest BCUT2D eigenvalue weighted by atomic mass is 32.1. The summed E-state index contributed by atoms with van der Waals surface area (Å²) in [6, 6.07) is 17.1. The van der Waals surface area contributed by atoms with E-state index in [-0.39, 0.29) is 0 Å². The van der Waals surface area contributed by atoms with Crippen molar-refractivity contribution in [3.05, 3.63) is 53.5 Å². The molecule has 1 nitrogen and oxygen atoms in total. The summed E-state index contributed by atoms with van der Waals surface area (Å²) in [6.45, 7) is 0. The number of aromatic nitrogens is 1. The SMILES string of the molecule is SCc1nc2c3ccccc3c3ccccc3c2s1. The molecule has 0 aliphatic heterocycles. The molecule has 0 aliphatic carbocycles. The number of hydrogen-bond donors (Lipinski definition) is 1. The predicted molar refractivity (Wildman–Crippen MR) is 87.3 cm³/mol. The van der Waals surface area contributed by atoms with Gasteiger partial charge >= 0.3 is 0 Å². The Bertz CT molecular complexity index is 836. The van der Waals surface area contributed by atoms with Crippen molar-refractivity contribution in [3.63, 3.8) is 0 Å². The lowest BCUT2D eigenvalue weighted by Gasteiger charge is -2.05. The third kappa shape index (κ3) is 1.58. The molecule has 3 aromatic carbocycles. The first-order chi connectivity index (χ1) is 9.38. The fourth-order valence-corrected chi connectivity index (χ4v) is 3.88. The molecule has 0 bridgehead atoms. The van der Waals surface area contributed by atoms with Gasteiger partial charge in [-0.1, -0.05) is 48.5 Å². The van der Waals surface area contributed by atoms with Gasteiger partial charge in [-0.05, 0) is 10.8 Å². The maximum Gasteiger partial charge on any atom is 0.104 e. The van der Waals surface area contributed by atoms with Crippen LogP contribution in [0.25, 0.3) is 31.8 Å². The van der Waals surface area contributed by atoms with Gasteiger partial charge in [-0.3, -0.25) is 0 Å². The minimum Gasteiger partial charge on any atom is -0.240 e. The minimum absolute atomic E-state index is 0.696. The minimum atomic E-state index is 0.696. The van der Waals surface area contributed by atoms with Crippen molar-refractivity contribution >= 4 is 55.7 Å². The van der Waals surface area contributed by atoms with Gasteiger partial charge in [-0.15, -0.1) is 11.3 Å². The summed E-state index contributed by atoms with van der Waals surface area (Å²) in [5.41, 5.74) is 1.11. The van der Waals surface area contributed by atoms with Crippen LogP contribution in [0.5, 0.6) is 0 Å². The van der Waals surface area contributed by atoms with E-state index in [1.807, 2.05) is 0 Å². The van der Waals surface area contributed by atoms with Crippen LogP contribution in [-0.2, 0) is 5.75 Å². The number of hydrogen-bond acceptors (Lipinski definition) is 3. The standard InChI is InChI=1S/C16H11NS2/c18-9-14-17-15-12-7-3-1-5-10(12)11-6-2-4-8-13(11)16(15)19-14/h1-8,18H,9H2. The molecule has 0 radical (unpaired) electrons. The Labute approximate surface area is 120 Å². The Morgan fingerprint density at radius 1 is 0.842 bits per heavy atom. The summed E-state index contributed by atoms with van der Waals surface area (Å²) < 4.78 is 1.28. The summed E-state index contributed by atoms with van der Waals surface area (Å²) in [4.78, 5) is 4.75. The fraction of sp³-hybridized carbons (Fsp3) is 0.0625. The van der Waals surface area contributed by atoms with E-state index in [4.69, 9.17) is 4.98 Å². The molecule has 1 heterocycles. The van der Waals surface area contributed by atoms with Gasteiger partial charge in [0.25, 0.3) is 0 Å². The predicted octanol–water partition coefficient (Wildman–Crippen LogP) is 5.03. The van der Waals surface area contributed by atoms with Crippen LogP contribution in [0.1, 0.15) is 5.01 Å². The van der Waals surface area contributed by atoms with Crippen LogP contribution in [0, 0.1) is 0 Å². The first kappa shape index (κ1) is 11.3. The van der Waals surface area contributed by atoms with Gasteiger partial charge in [0.1, 0.15) is 5.01 Å². The zero-order chi connectivity index (χ0) is 12.8. The molecule has 3 heteroatoms. The Hall–Kier alpha value is -1.58. The van der Waals surface area contributed by atoms with Gasteiger partial charge in [0.05, 0.1) is 10.2 Å². The van der Waals surface area contributed by atoms with Crippen molar-refractivity contribution in [3.8, 4) is 0 Å². The summed E-state index contributed by atoms with van der Waals surface area (Å²) in [7, 11) is 0. The molecule has 0 saturated carbocycles. The highest BCUT2D eigenvalue weighted by Crippen LogP contribution is 2.37. The molecule has 0 N–H and O–H groups in total. The molecule has 4 rings (SSSR count). The maximum absolute atomic E-state index is 4.75. The van der Waals surface area contributed by atoms with Crippen molar-refractivity contribution in [1.82, 2.24) is 4.98 Å². The van der Waals surface area contributed by atoms with Gasteiger partial charge in [0.2, 0.25) is 0 Å². The molecule has 1 aromatic heterocycles. The monoisotopic (exact) mass is 281 g/mol. The summed E-state index contributed by atoms with van der Waals surface area (Å²) in [5.74, 6) is 0.696. The molecule has 0 atom stereocenters. The van der Waals surface area contributed by atoms with E-state index in [2.05, 4.69) is 61.2 Å². The van der Waals surface area contributed by atoms with Crippen LogP contribution >= 0.6 is 24.0 Å². The lowest BCUT2D eigenvalue weighted by molar-refractivity contribution is 1.32.